The standard InChI is InChI=1S/C23H27N3O4.ClH/c1-4-29-22(27)14-20-11-9-18-13-19(10-12-21(18)30-20)25-23(28)17-7-5-16(6-8-17)15-24-26(2)3;/h5-8,10,12-13,15,20H,4,9,11,14H2,1-3H3,(H,25,28);1H. The van der Waals surface area contributed by atoms with E-state index in [1.165, 1.54) is 0 Å². The molecule has 2 aromatic rings. The molecule has 3 rings (SSSR count). The van der Waals surface area contributed by atoms with Crippen LogP contribution in [0.5, 0.6) is 5.75 Å². The first-order valence-electron chi connectivity index (χ1n) is 10.0. The fraction of sp³-hybridized carbons (Fsp3) is 0.348. The van der Waals surface area contributed by atoms with Crippen molar-refractivity contribution in [3.05, 3.63) is 59.2 Å². The smallest absolute Gasteiger partial charge is 0.309 e. The molecule has 1 atom stereocenters. The summed E-state index contributed by atoms with van der Waals surface area (Å²) in [5, 5.41) is 8.81. The summed E-state index contributed by atoms with van der Waals surface area (Å²) in [7, 11) is 3.70. The Hall–Kier alpha value is -3.06. The third-order valence-corrected chi connectivity index (χ3v) is 4.66. The largest absolute Gasteiger partial charge is 0.490 e. The number of rotatable bonds is 7. The number of aryl methyl sites for hydroxylation is 1. The predicted molar refractivity (Wildman–Crippen MR) is 123 cm³/mol. The third kappa shape index (κ3) is 7.00. The van der Waals surface area contributed by atoms with Gasteiger partial charge in [0.1, 0.15) is 11.9 Å². The van der Waals surface area contributed by atoms with Crippen LogP contribution in [0.2, 0.25) is 0 Å². The van der Waals surface area contributed by atoms with Gasteiger partial charge in [0.05, 0.1) is 19.2 Å². The molecule has 31 heavy (non-hydrogen) atoms. The van der Waals surface area contributed by atoms with E-state index in [0.717, 1.165) is 29.7 Å². The number of amides is 1. The lowest BCUT2D eigenvalue weighted by Crippen LogP contribution is -2.26. The van der Waals surface area contributed by atoms with E-state index in [2.05, 4.69) is 10.4 Å². The van der Waals surface area contributed by atoms with Gasteiger partial charge in [0.15, 0.2) is 0 Å². The summed E-state index contributed by atoms with van der Waals surface area (Å²) >= 11 is 0. The Morgan fingerprint density at radius 3 is 2.65 bits per heavy atom. The zero-order valence-electron chi connectivity index (χ0n) is 18.0. The molecule has 0 saturated carbocycles. The average molecular weight is 446 g/mol. The highest BCUT2D eigenvalue weighted by atomic mass is 35.5. The number of esters is 1. The Morgan fingerprint density at radius 2 is 1.97 bits per heavy atom. The first kappa shape index (κ1) is 24.2. The van der Waals surface area contributed by atoms with Crippen LogP contribution in [0.25, 0.3) is 0 Å². The Morgan fingerprint density at radius 1 is 1.23 bits per heavy atom. The maximum Gasteiger partial charge on any atom is 0.309 e. The van der Waals surface area contributed by atoms with E-state index in [0.29, 0.717) is 17.9 Å². The van der Waals surface area contributed by atoms with E-state index in [1.54, 1.807) is 30.3 Å². The number of hydrogen-bond donors (Lipinski definition) is 1. The van der Waals surface area contributed by atoms with Crippen LogP contribution in [0.15, 0.2) is 47.6 Å². The average Bonchev–Trinajstić information content (AvgIpc) is 2.73. The van der Waals surface area contributed by atoms with Gasteiger partial charge in [-0.1, -0.05) is 12.1 Å². The molecule has 1 aliphatic heterocycles. The van der Waals surface area contributed by atoms with Gasteiger partial charge in [-0.15, -0.1) is 12.4 Å². The maximum absolute atomic E-state index is 12.6. The van der Waals surface area contributed by atoms with Gasteiger partial charge in [-0.3, -0.25) is 9.59 Å². The number of nitrogens with one attached hydrogen (secondary N) is 1. The van der Waals surface area contributed by atoms with E-state index in [1.807, 2.05) is 44.4 Å². The van der Waals surface area contributed by atoms with Crippen LogP contribution in [0.3, 0.4) is 0 Å². The molecule has 1 N–H and O–H groups in total. The highest BCUT2D eigenvalue weighted by Crippen LogP contribution is 2.31. The number of nitrogens with zero attached hydrogens (tertiary/aromatic N) is 2. The Labute approximate surface area is 188 Å². The zero-order valence-corrected chi connectivity index (χ0v) is 18.8. The summed E-state index contributed by atoms with van der Waals surface area (Å²) in [4.78, 5) is 24.2. The summed E-state index contributed by atoms with van der Waals surface area (Å²) in [5.41, 5.74) is 3.22. The lowest BCUT2D eigenvalue weighted by atomic mass is 10.00. The van der Waals surface area contributed by atoms with Crippen molar-refractivity contribution in [2.75, 3.05) is 26.0 Å². The molecule has 7 nitrogen and oxygen atoms in total. The number of carbonyl (C=O) groups excluding carboxylic acids is 2. The van der Waals surface area contributed by atoms with Gasteiger partial charge < -0.3 is 19.8 Å². The predicted octanol–water partition coefficient (Wildman–Crippen LogP) is 3.90. The lowest BCUT2D eigenvalue weighted by Gasteiger charge is -2.26. The van der Waals surface area contributed by atoms with E-state index in [9.17, 15) is 9.59 Å². The second kappa shape index (κ2) is 11.4. The maximum atomic E-state index is 12.6. The number of hydrogen-bond acceptors (Lipinski definition) is 6. The van der Waals surface area contributed by atoms with Gasteiger partial charge >= 0.3 is 5.97 Å². The number of benzene rings is 2. The second-order valence-corrected chi connectivity index (χ2v) is 7.28. The van der Waals surface area contributed by atoms with Crippen molar-refractivity contribution in [1.29, 1.82) is 0 Å². The summed E-state index contributed by atoms with van der Waals surface area (Å²) in [6.07, 6.45) is 3.33. The fourth-order valence-corrected chi connectivity index (χ4v) is 3.18. The molecule has 8 heteroatoms. The van der Waals surface area contributed by atoms with Crippen molar-refractivity contribution in [3.8, 4) is 5.75 Å². The van der Waals surface area contributed by atoms with Gasteiger partial charge in [0.25, 0.3) is 5.91 Å². The van der Waals surface area contributed by atoms with Crippen molar-refractivity contribution in [2.45, 2.75) is 32.3 Å². The van der Waals surface area contributed by atoms with Gasteiger partial charge in [0, 0.05) is 25.3 Å². The SMILES string of the molecule is CCOC(=O)CC1CCc2cc(NC(=O)c3ccc(C=NN(C)C)cc3)ccc2O1.Cl. The first-order valence-corrected chi connectivity index (χ1v) is 10.0. The molecule has 0 bridgehead atoms. The highest BCUT2D eigenvalue weighted by Gasteiger charge is 2.23. The topological polar surface area (TPSA) is 80.2 Å². The second-order valence-electron chi connectivity index (χ2n) is 7.28. The van der Waals surface area contributed by atoms with Crippen LogP contribution in [-0.4, -0.2) is 49.9 Å². The molecule has 166 valence electrons. The molecule has 0 spiro atoms. The van der Waals surface area contributed by atoms with E-state index >= 15 is 0 Å². The molecular weight excluding hydrogens is 418 g/mol. The van der Waals surface area contributed by atoms with E-state index in [-0.39, 0.29) is 36.8 Å². The number of fused-ring (bicyclic) bond motifs is 1. The van der Waals surface area contributed by atoms with Gasteiger partial charge in [-0.05, 0) is 61.2 Å². The first-order chi connectivity index (χ1) is 14.4. The minimum Gasteiger partial charge on any atom is -0.490 e. The van der Waals surface area contributed by atoms with Gasteiger partial charge in [-0.2, -0.15) is 5.10 Å². The molecule has 0 fully saturated rings. The molecule has 2 aromatic carbocycles. The number of hydrazone groups is 1. The summed E-state index contributed by atoms with van der Waals surface area (Å²) in [5.74, 6) is 0.329. The molecule has 0 aliphatic carbocycles. The van der Waals surface area contributed by atoms with Gasteiger partial charge in [-0.25, -0.2) is 0 Å². The molecule has 0 radical (unpaired) electrons. The molecule has 1 amide bonds. The highest BCUT2D eigenvalue weighted by molar-refractivity contribution is 6.04. The van der Waals surface area contributed by atoms with Crippen molar-refractivity contribution in [1.82, 2.24) is 5.01 Å². The number of ether oxygens (including phenoxy) is 2. The molecule has 0 aromatic heterocycles. The minimum absolute atomic E-state index is 0. The van der Waals surface area contributed by atoms with Crippen molar-refractivity contribution in [2.24, 2.45) is 5.10 Å². The van der Waals surface area contributed by atoms with Gasteiger partial charge in [0.2, 0.25) is 0 Å². The number of halogens is 1. The molecule has 1 heterocycles. The number of anilines is 1. The molecular formula is C23H28ClN3O4. The van der Waals surface area contributed by atoms with Crippen LogP contribution >= 0.6 is 12.4 Å². The van der Waals surface area contributed by atoms with E-state index < -0.39 is 0 Å². The third-order valence-electron chi connectivity index (χ3n) is 4.66. The van der Waals surface area contributed by atoms with Crippen LogP contribution in [0.1, 0.15) is 41.3 Å². The Kier molecular flexibility index (Phi) is 8.88. The summed E-state index contributed by atoms with van der Waals surface area (Å²) in [6, 6.07) is 12.8. The minimum atomic E-state index is -0.242. The quantitative estimate of drug-likeness (QED) is 0.397. The van der Waals surface area contributed by atoms with Crippen LogP contribution < -0.4 is 10.1 Å². The van der Waals surface area contributed by atoms with Crippen LogP contribution in [-0.2, 0) is 16.0 Å². The van der Waals surface area contributed by atoms with Crippen molar-refractivity contribution >= 4 is 36.2 Å². The summed E-state index contributed by atoms with van der Waals surface area (Å²) < 4.78 is 10.9. The van der Waals surface area contributed by atoms with Crippen LogP contribution in [0.4, 0.5) is 5.69 Å². The fourth-order valence-electron chi connectivity index (χ4n) is 3.18. The summed E-state index contributed by atoms with van der Waals surface area (Å²) in [6.45, 7) is 2.16. The molecule has 1 aliphatic rings. The Balaban J connectivity index is 0.00000341. The zero-order chi connectivity index (χ0) is 21.5. The van der Waals surface area contributed by atoms with E-state index in [4.69, 9.17) is 9.47 Å². The van der Waals surface area contributed by atoms with Crippen molar-refractivity contribution < 1.29 is 19.1 Å². The van der Waals surface area contributed by atoms with Crippen molar-refractivity contribution in [3.63, 3.8) is 0 Å². The molecule has 0 saturated heterocycles. The number of carbonyl (C=O) groups is 2. The molecule has 1 unspecified atom stereocenters. The van der Waals surface area contributed by atoms with Crippen LogP contribution in [0, 0.1) is 0 Å². The lowest BCUT2D eigenvalue weighted by molar-refractivity contribution is -0.145. The normalized spacial score (nSPS) is 14.7. The monoisotopic (exact) mass is 445 g/mol. The Bertz CT molecular complexity index is 929.